The van der Waals surface area contributed by atoms with Crippen LogP contribution in [0.5, 0.6) is 5.75 Å². The number of ether oxygens (including phenoxy) is 1. The lowest BCUT2D eigenvalue weighted by molar-refractivity contribution is 0.102. The number of carbonyl (C=O) groups excluding carboxylic acids is 1. The number of nitrogens with one attached hydrogen (secondary N) is 2. The maximum absolute atomic E-state index is 14.2. The molecule has 0 aromatic heterocycles. The smallest absolute Gasteiger partial charge is 0.258 e. The van der Waals surface area contributed by atoms with Crippen LogP contribution in [0, 0.1) is 17.5 Å². The summed E-state index contributed by atoms with van der Waals surface area (Å²) >= 11 is 2.91. The van der Waals surface area contributed by atoms with Gasteiger partial charge in [0, 0.05) is 17.1 Å². The molecule has 0 heterocycles. The highest BCUT2D eigenvalue weighted by Crippen LogP contribution is 2.28. The van der Waals surface area contributed by atoms with Gasteiger partial charge in [0.25, 0.3) is 5.91 Å². The summed E-state index contributed by atoms with van der Waals surface area (Å²) in [4.78, 5) is 12.1. The number of carbonyl (C=O) groups is 1. The van der Waals surface area contributed by atoms with Crippen LogP contribution in [0.2, 0.25) is 0 Å². The van der Waals surface area contributed by atoms with Gasteiger partial charge in [-0.25, -0.2) is 26.3 Å². The van der Waals surface area contributed by atoms with Gasteiger partial charge in [-0.1, -0.05) is 12.1 Å². The molecule has 11 heteroatoms. The maximum atomic E-state index is 14.2. The minimum Gasteiger partial charge on any atom is -0.497 e. The Bertz CT molecular complexity index is 1250. The third-order valence-electron chi connectivity index (χ3n) is 4.36. The Labute approximate surface area is 190 Å². The number of hydrogen-bond acceptors (Lipinski definition) is 4. The van der Waals surface area contributed by atoms with E-state index in [4.69, 9.17) is 4.74 Å². The van der Waals surface area contributed by atoms with Gasteiger partial charge in [0.2, 0.25) is 10.0 Å². The minimum absolute atomic E-state index is 0.0566. The van der Waals surface area contributed by atoms with Crippen molar-refractivity contribution in [3.05, 3.63) is 87.6 Å². The monoisotopic (exact) mass is 528 g/mol. The number of anilines is 1. The summed E-state index contributed by atoms with van der Waals surface area (Å²) in [5, 5.41) is 2.12. The molecule has 32 heavy (non-hydrogen) atoms. The Morgan fingerprint density at radius 2 is 1.69 bits per heavy atom. The van der Waals surface area contributed by atoms with Gasteiger partial charge in [-0.3, -0.25) is 4.79 Å². The summed E-state index contributed by atoms with van der Waals surface area (Å²) in [6.45, 7) is -0.0566. The first-order valence-electron chi connectivity index (χ1n) is 8.99. The summed E-state index contributed by atoms with van der Waals surface area (Å²) in [5.41, 5.74) is -0.402. The van der Waals surface area contributed by atoms with E-state index in [1.165, 1.54) is 7.11 Å². The SMILES string of the molecule is COc1ccc(CNS(=O)(=O)c2ccc(F)c(C(=O)Nc3c(F)cc(F)cc3Br)c2)cc1. The van der Waals surface area contributed by atoms with Crippen molar-refractivity contribution in [2.45, 2.75) is 11.4 Å². The van der Waals surface area contributed by atoms with Crippen LogP contribution in [0.3, 0.4) is 0 Å². The van der Waals surface area contributed by atoms with Gasteiger partial charge in [-0.05, 0) is 57.9 Å². The predicted molar refractivity (Wildman–Crippen MR) is 115 cm³/mol. The molecule has 0 fully saturated rings. The van der Waals surface area contributed by atoms with Gasteiger partial charge >= 0.3 is 0 Å². The van der Waals surface area contributed by atoms with Crippen LogP contribution >= 0.6 is 15.9 Å². The lowest BCUT2D eigenvalue weighted by atomic mass is 10.2. The molecule has 3 aromatic rings. The van der Waals surface area contributed by atoms with Gasteiger partial charge < -0.3 is 10.1 Å². The fourth-order valence-corrected chi connectivity index (χ4v) is 4.24. The van der Waals surface area contributed by atoms with Gasteiger partial charge in [-0.2, -0.15) is 0 Å². The van der Waals surface area contributed by atoms with Crippen molar-refractivity contribution in [3.8, 4) is 5.75 Å². The molecule has 0 saturated heterocycles. The number of methoxy groups -OCH3 is 1. The third kappa shape index (κ3) is 5.47. The number of halogens is 4. The van der Waals surface area contributed by atoms with E-state index >= 15 is 0 Å². The third-order valence-corrected chi connectivity index (χ3v) is 6.39. The number of hydrogen-bond donors (Lipinski definition) is 2. The van der Waals surface area contributed by atoms with Gasteiger partial charge in [0.1, 0.15) is 17.4 Å². The van der Waals surface area contributed by atoms with E-state index in [2.05, 4.69) is 26.0 Å². The van der Waals surface area contributed by atoms with E-state index < -0.39 is 44.6 Å². The zero-order chi connectivity index (χ0) is 23.5. The van der Waals surface area contributed by atoms with Crippen LogP contribution in [0.4, 0.5) is 18.9 Å². The van der Waals surface area contributed by atoms with E-state index in [-0.39, 0.29) is 15.9 Å². The van der Waals surface area contributed by atoms with Crippen LogP contribution < -0.4 is 14.8 Å². The lowest BCUT2D eigenvalue weighted by Gasteiger charge is -2.12. The van der Waals surface area contributed by atoms with Crippen LogP contribution in [-0.4, -0.2) is 21.4 Å². The summed E-state index contributed by atoms with van der Waals surface area (Å²) in [6.07, 6.45) is 0. The molecule has 0 saturated carbocycles. The van der Waals surface area contributed by atoms with Crippen molar-refractivity contribution in [2.75, 3.05) is 12.4 Å². The lowest BCUT2D eigenvalue weighted by Crippen LogP contribution is -2.24. The normalized spacial score (nSPS) is 11.3. The van der Waals surface area contributed by atoms with Crippen molar-refractivity contribution < 1.29 is 31.1 Å². The second-order valence-electron chi connectivity index (χ2n) is 6.51. The Morgan fingerprint density at radius 1 is 1.00 bits per heavy atom. The molecule has 2 N–H and O–H groups in total. The minimum atomic E-state index is -4.10. The summed E-state index contributed by atoms with van der Waals surface area (Å²) < 4.78 is 74.0. The molecule has 0 atom stereocenters. The molecule has 0 aliphatic heterocycles. The Hall–Kier alpha value is -2.89. The fourth-order valence-electron chi connectivity index (χ4n) is 2.69. The molecule has 0 unspecified atom stereocenters. The number of amides is 1. The molecule has 1 amide bonds. The first kappa shape index (κ1) is 23.8. The van der Waals surface area contributed by atoms with E-state index in [1.807, 2.05) is 0 Å². The highest BCUT2D eigenvalue weighted by Gasteiger charge is 2.21. The molecule has 3 rings (SSSR count). The molecule has 3 aromatic carbocycles. The van der Waals surface area contributed by atoms with Gasteiger partial charge in [0.15, 0.2) is 5.82 Å². The molecule has 0 radical (unpaired) electrons. The van der Waals surface area contributed by atoms with Crippen molar-refractivity contribution in [1.82, 2.24) is 4.72 Å². The Balaban J connectivity index is 1.81. The van der Waals surface area contributed by atoms with Crippen molar-refractivity contribution >= 4 is 37.5 Å². The van der Waals surface area contributed by atoms with Gasteiger partial charge in [-0.15, -0.1) is 0 Å². The molecule has 0 aliphatic rings. The quantitative estimate of drug-likeness (QED) is 0.469. The van der Waals surface area contributed by atoms with E-state index in [0.29, 0.717) is 17.4 Å². The first-order chi connectivity index (χ1) is 15.1. The molecule has 168 valence electrons. The van der Waals surface area contributed by atoms with Crippen LogP contribution in [-0.2, 0) is 16.6 Å². The molecular formula is C21H16BrF3N2O4S. The molecule has 0 bridgehead atoms. The summed E-state index contributed by atoms with van der Waals surface area (Å²) in [6, 6.07) is 10.8. The Morgan fingerprint density at radius 3 is 2.31 bits per heavy atom. The zero-order valence-corrected chi connectivity index (χ0v) is 18.9. The van der Waals surface area contributed by atoms with Crippen LogP contribution in [0.25, 0.3) is 0 Å². The molecule has 0 aliphatic carbocycles. The summed E-state index contributed by atoms with van der Waals surface area (Å²) in [5.74, 6) is -3.49. The van der Waals surface area contributed by atoms with Crippen molar-refractivity contribution in [2.24, 2.45) is 0 Å². The van der Waals surface area contributed by atoms with Crippen molar-refractivity contribution in [1.29, 1.82) is 0 Å². The number of benzene rings is 3. The van der Waals surface area contributed by atoms with E-state index in [9.17, 15) is 26.4 Å². The standard InChI is InChI=1S/C21H16BrF3N2O4S/c1-31-14-4-2-12(3-5-14)11-26-32(29,30)15-6-7-18(24)16(10-15)21(28)27-20-17(22)8-13(23)9-19(20)25/h2-10,26H,11H2,1H3,(H,27,28). The van der Waals surface area contributed by atoms with Crippen LogP contribution in [0.15, 0.2) is 64.0 Å². The zero-order valence-electron chi connectivity index (χ0n) is 16.5. The average molecular weight is 529 g/mol. The van der Waals surface area contributed by atoms with Crippen molar-refractivity contribution in [3.63, 3.8) is 0 Å². The molecule has 6 nitrogen and oxygen atoms in total. The van der Waals surface area contributed by atoms with E-state index in [0.717, 1.165) is 24.3 Å². The maximum Gasteiger partial charge on any atom is 0.258 e. The highest BCUT2D eigenvalue weighted by molar-refractivity contribution is 9.10. The second-order valence-corrected chi connectivity index (χ2v) is 9.13. The van der Waals surface area contributed by atoms with Crippen LogP contribution in [0.1, 0.15) is 15.9 Å². The fraction of sp³-hybridized carbons (Fsp3) is 0.0952. The number of rotatable bonds is 7. The number of sulfonamides is 1. The van der Waals surface area contributed by atoms with Gasteiger partial charge in [0.05, 0.1) is 23.3 Å². The summed E-state index contributed by atoms with van der Waals surface area (Å²) in [7, 11) is -2.60. The molecule has 0 spiro atoms. The average Bonchev–Trinajstić information content (AvgIpc) is 2.75. The molecular weight excluding hydrogens is 513 g/mol. The topological polar surface area (TPSA) is 84.5 Å². The largest absolute Gasteiger partial charge is 0.497 e. The highest BCUT2D eigenvalue weighted by atomic mass is 79.9. The second kappa shape index (κ2) is 9.72. The first-order valence-corrected chi connectivity index (χ1v) is 11.3. The predicted octanol–water partition coefficient (Wildman–Crippen LogP) is 4.61. The van der Waals surface area contributed by atoms with E-state index in [1.54, 1.807) is 24.3 Å². The Kier molecular flexibility index (Phi) is 7.22.